The summed E-state index contributed by atoms with van der Waals surface area (Å²) in [5.41, 5.74) is 1.83. The number of rotatable bonds is 7. The molecule has 0 saturated heterocycles. The van der Waals surface area contributed by atoms with Gasteiger partial charge in [0.1, 0.15) is 11.6 Å². The quantitative estimate of drug-likeness (QED) is 0.363. The van der Waals surface area contributed by atoms with Gasteiger partial charge in [-0.25, -0.2) is 4.39 Å². The zero-order chi connectivity index (χ0) is 18.1. The number of aliphatic imine (C=N–C) groups is 1. The van der Waals surface area contributed by atoms with Gasteiger partial charge in [-0.2, -0.15) is 0 Å². The maximum atomic E-state index is 13.6. The van der Waals surface area contributed by atoms with E-state index in [2.05, 4.69) is 15.6 Å². The standard InChI is InChI=1S/C20H26FN3O.HI/c1-15(2)25-18-10-8-16(9-11-18)14-24-20(22-3)23-13-12-17-6-4-5-7-19(17)21;/h4-11,15H,12-14H2,1-3H3,(H2,22,23,24);1H. The van der Waals surface area contributed by atoms with E-state index in [0.29, 0.717) is 31.0 Å². The molecule has 2 aromatic carbocycles. The van der Waals surface area contributed by atoms with Crippen molar-refractivity contribution in [3.05, 3.63) is 65.5 Å². The first kappa shape index (κ1) is 22.2. The van der Waals surface area contributed by atoms with Gasteiger partial charge in [0.05, 0.1) is 6.10 Å². The smallest absolute Gasteiger partial charge is 0.191 e. The van der Waals surface area contributed by atoms with E-state index in [1.165, 1.54) is 6.07 Å². The lowest BCUT2D eigenvalue weighted by atomic mass is 10.1. The van der Waals surface area contributed by atoms with Crippen LogP contribution in [0.25, 0.3) is 0 Å². The first-order valence-electron chi connectivity index (χ1n) is 8.52. The minimum Gasteiger partial charge on any atom is -0.491 e. The van der Waals surface area contributed by atoms with Gasteiger partial charge in [0.25, 0.3) is 0 Å². The van der Waals surface area contributed by atoms with Crippen LogP contribution in [0.1, 0.15) is 25.0 Å². The number of nitrogens with zero attached hydrogens (tertiary/aromatic N) is 1. The summed E-state index contributed by atoms with van der Waals surface area (Å²) in [6, 6.07) is 14.8. The summed E-state index contributed by atoms with van der Waals surface area (Å²) < 4.78 is 19.2. The lowest BCUT2D eigenvalue weighted by molar-refractivity contribution is 0.242. The zero-order valence-corrected chi connectivity index (χ0v) is 17.8. The third kappa shape index (κ3) is 7.59. The van der Waals surface area contributed by atoms with E-state index in [1.807, 2.05) is 44.2 Å². The van der Waals surface area contributed by atoms with Crippen LogP contribution in [0.2, 0.25) is 0 Å². The van der Waals surface area contributed by atoms with Gasteiger partial charge in [-0.1, -0.05) is 30.3 Å². The summed E-state index contributed by atoms with van der Waals surface area (Å²) in [6.45, 7) is 5.28. The molecule has 2 N–H and O–H groups in total. The highest BCUT2D eigenvalue weighted by atomic mass is 127. The highest BCUT2D eigenvalue weighted by molar-refractivity contribution is 14.0. The average Bonchev–Trinajstić information content (AvgIpc) is 2.60. The number of ether oxygens (including phenoxy) is 1. The minimum absolute atomic E-state index is 0. The van der Waals surface area contributed by atoms with Crippen LogP contribution in [0, 0.1) is 5.82 Å². The van der Waals surface area contributed by atoms with Crippen molar-refractivity contribution in [1.29, 1.82) is 0 Å². The van der Waals surface area contributed by atoms with Crippen molar-refractivity contribution in [2.45, 2.75) is 32.9 Å². The summed E-state index contributed by atoms with van der Waals surface area (Å²) in [5, 5.41) is 6.45. The average molecular weight is 471 g/mol. The Kier molecular flexibility index (Phi) is 10.0. The van der Waals surface area contributed by atoms with Crippen LogP contribution in [0.5, 0.6) is 5.75 Å². The highest BCUT2D eigenvalue weighted by Crippen LogP contribution is 2.13. The minimum atomic E-state index is -0.170. The van der Waals surface area contributed by atoms with E-state index >= 15 is 0 Å². The molecule has 0 atom stereocenters. The number of guanidine groups is 1. The van der Waals surface area contributed by atoms with Gasteiger partial charge in [0.2, 0.25) is 0 Å². The molecule has 4 nitrogen and oxygen atoms in total. The Morgan fingerprint density at radius 2 is 1.77 bits per heavy atom. The molecule has 0 aliphatic carbocycles. The number of hydrogen-bond donors (Lipinski definition) is 2. The third-order valence-electron chi connectivity index (χ3n) is 3.62. The van der Waals surface area contributed by atoms with Gasteiger partial charge in [-0.05, 0) is 49.6 Å². The summed E-state index contributed by atoms with van der Waals surface area (Å²) in [7, 11) is 1.72. The van der Waals surface area contributed by atoms with Crippen LogP contribution in [0.4, 0.5) is 4.39 Å². The van der Waals surface area contributed by atoms with Crippen LogP contribution in [-0.2, 0) is 13.0 Å². The molecule has 0 amide bonds. The van der Waals surface area contributed by atoms with Gasteiger partial charge < -0.3 is 15.4 Å². The molecule has 0 fully saturated rings. The fourth-order valence-electron chi connectivity index (χ4n) is 2.38. The molecule has 2 aromatic rings. The zero-order valence-electron chi connectivity index (χ0n) is 15.5. The van der Waals surface area contributed by atoms with Crippen LogP contribution >= 0.6 is 24.0 Å². The Morgan fingerprint density at radius 1 is 1.08 bits per heavy atom. The first-order chi connectivity index (χ1) is 12.1. The monoisotopic (exact) mass is 471 g/mol. The summed E-state index contributed by atoms with van der Waals surface area (Å²) >= 11 is 0. The van der Waals surface area contributed by atoms with E-state index in [0.717, 1.165) is 11.3 Å². The van der Waals surface area contributed by atoms with Crippen molar-refractivity contribution in [3.63, 3.8) is 0 Å². The first-order valence-corrected chi connectivity index (χ1v) is 8.52. The van der Waals surface area contributed by atoms with Crippen molar-refractivity contribution in [3.8, 4) is 5.75 Å². The second kappa shape index (κ2) is 11.7. The van der Waals surface area contributed by atoms with Crippen molar-refractivity contribution in [2.24, 2.45) is 4.99 Å². The number of hydrogen-bond acceptors (Lipinski definition) is 2. The predicted octanol–water partition coefficient (Wildman–Crippen LogP) is 4.14. The number of halogens is 2. The topological polar surface area (TPSA) is 45.7 Å². The molecule has 6 heteroatoms. The molecule has 142 valence electrons. The molecule has 0 aliphatic heterocycles. The summed E-state index contributed by atoms with van der Waals surface area (Å²) in [4.78, 5) is 4.19. The Morgan fingerprint density at radius 3 is 2.38 bits per heavy atom. The Labute approximate surface area is 172 Å². The largest absolute Gasteiger partial charge is 0.491 e. The third-order valence-corrected chi connectivity index (χ3v) is 3.62. The van der Waals surface area contributed by atoms with Gasteiger partial charge in [0, 0.05) is 20.1 Å². The van der Waals surface area contributed by atoms with Crippen LogP contribution in [-0.4, -0.2) is 25.7 Å². The molecule has 0 aromatic heterocycles. The van der Waals surface area contributed by atoms with E-state index < -0.39 is 0 Å². The number of benzene rings is 2. The number of nitrogens with one attached hydrogen (secondary N) is 2. The maximum Gasteiger partial charge on any atom is 0.191 e. The normalized spacial score (nSPS) is 11.0. The lowest BCUT2D eigenvalue weighted by Gasteiger charge is -2.13. The van der Waals surface area contributed by atoms with Crippen LogP contribution in [0.15, 0.2) is 53.5 Å². The molecule has 0 saturated carbocycles. The lowest BCUT2D eigenvalue weighted by Crippen LogP contribution is -2.37. The molecule has 0 radical (unpaired) electrons. The molecular formula is C20H27FIN3O. The highest BCUT2D eigenvalue weighted by Gasteiger charge is 2.03. The fraction of sp³-hybridized carbons (Fsp3) is 0.350. The molecule has 0 unspecified atom stereocenters. The molecule has 2 rings (SSSR count). The SMILES string of the molecule is CN=C(NCCc1ccccc1F)NCc1ccc(OC(C)C)cc1.I. The van der Waals surface area contributed by atoms with Crippen molar-refractivity contribution in [1.82, 2.24) is 10.6 Å². The molecule has 0 spiro atoms. The Bertz CT molecular complexity index is 690. The van der Waals surface area contributed by atoms with Crippen molar-refractivity contribution < 1.29 is 9.13 Å². The maximum absolute atomic E-state index is 13.6. The molecule has 26 heavy (non-hydrogen) atoms. The van der Waals surface area contributed by atoms with E-state index in [-0.39, 0.29) is 35.9 Å². The molecule has 0 bridgehead atoms. The second-order valence-corrected chi connectivity index (χ2v) is 6.00. The Hall–Kier alpha value is -1.83. The molecular weight excluding hydrogens is 444 g/mol. The fourth-order valence-corrected chi connectivity index (χ4v) is 2.38. The van der Waals surface area contributed by atoms with Gasteiger partial charge in [0.15, 0.2) is 5.96 Å². The van der Waals surface area contributed by atoms with Gasteiger partial charge >= 0.3 is 0 Å². The Balaban J connectivity index is 0.00000338. The van der Waals surface area contributed by atoms with E-state index in [9.17, 15) is 4.39 Å². The molecule has 0 aliphatic rings. The summed E-state index contributed by atoms with van der Waals surface area (Å²) in [5.74, 6) is 1.39. The summed E-state index contributed by atoms with van der Waals surface area (Å²) in [6.07, 6.45) is 0.774. The second-order valence-electron chi connectivity index (χ2n) is 6.00. The van der Waals surface area contributed by atoms with E-state index in [1.54, 1.807) is 19.2 Å². The van der Waals surface area contributed by atoms with Crippen molar-refractivity contribution >= 4 is 29.9 Å². The van der Waals surface area contributed by atoms with Crippen LogP contribution < -0.4 is 15.4 Å². The van der Waals surface area contributed by atoms with Crippen molar-refractivity contribution in [2.75, 3.05) is 13.6 Å². The van der Waals surface area contributed by atoms with Gasteiger partial charge in [-0.3, -0.25) is 4.99 Å². The predicted molar refractivity (Wildman–Crippen MR) is 116 cm³/mol. The molecule has 0 heterocycles. The van der Waals surface area contributed by atoms with Crippen LogP contribution in [0.3, 0.4) is 0 Å². The van der Waals surface area contributed by atoms with Gasteiger partial charge in [-0.15, -0.1) is 24.0 Å². The van der Waals surface area contributed by atoms with E-state index in [4.69, 9.17) is 4.74 Å².